The molecule has 86 valence electrons. The molecule has 0 aromatic carbocycles. The van der Waals surface area contributed by atoms with Crippen LogP contribution in [0.25, 0.3) is 0 Å². The maximum absolute atomic E-state index is 12.2. The average Bonchev–Trinajstić information content (AvgIpc) is 2.63. The molecule has 0 radical (unpaired) electrons. The molecule has 0 aliphatic heterocycles. The monoisotopic (exact) mass is 241 g/mol. The van der Waals surface area contributed by atoms with Gasteiger partial charge < -0.3 is 10.0 Å². The van der Waals surface area contributed by atoms with E-state index in [-0.39, 0.29) is 17.8 Å². The molecule has 1 aromatic heterocycles. The lowest BCUT2D eigenvalue weighted by atomic mass is 10.3. The van der Waals surface area contributed by atoms with Crippen LogP contribution in [-0.2, 0) is 6.18 Å². The molecule has 0 saturated carbocycles. The first-order valence-corrected chi connectivity index (χ1v) is 4.88. The van der Waals surface area contributed by atoms with E-state index < -0.39 is 12.0 Å². The summed E-state index contributed by atoms with van der Waals surface area (Å²) in [4.78, 5) is 4.80. The van der Waals surface area contributed by atoms with Gasteiger partial charge in [0, 0.05) is 18.6 Å². The summed E-state index contributed by atoms with van der Waals surface area (Å²) in [5, 5.41) is 8.97. The van der Waals surface area contributed by atoms with Gasteiger partial charge >= 0.3 is 6.18 Å². The highest BCUT2D eigenvalue weighted by Gasteiger charge is 2.36. The Bertz CT molecular complexity index is 328. The molecule has 1 atom stereocenters. The summed E-state index contributed by atoms with van der Waals surface area (Å²) in [7, 11) is 1.56. The molecular weight excluding hydrogens is 231 g/mol. The quantitative estimate of drug-likeness (QED) is 0.868. The molecule has 0 aliphatic carbocycles. The minimum Gasteiger partial charge on any atom is -0.394 e. The van der Waals surface area contributed by atoms with Gasteiger partial charge in [-0.25, -0.2) is 0 Å². The molecule has 8 heteroatoms. The average molecular weight is 241 g/mol. The van der Waals surface area contributed by atoms with E-state index in [9.17, 15) is 13.2 Å². The standard InChI is InChI=1S/C7H10F3N3OS/c1-4(3-14)13(2)6-11-5(12-15-6)7(8,9)10/h4,14H,3H2,1-2H3. The lowest BCUT2D eigenvalue weighted by Crippen LogP contribution is -2.31. The number of likely N-dealkylation sites (N-methyl/N-ethyl adjacent to an activating group) is 1. The third-order valence-corrected chi connectivity index (χ3v) is 2.70. The molecule has 0 fully saturated rings. The molecule has 0 bridgehead atoms. The van der Waals surface area contributed by atoms with Crippen molar-refractivity contribution in [3.05, 3.63) is 5.82 Å². The molecule has 1 N–H and O–H groups in total. The fourth-order valence-corrected chi connectivity index (χ4v) is 1.53. The minimum atomic E-state index is -4.52. The topological polar surface area (TPSA) is 49.2 Å². The zero-order chi connectivity index (χ0) is 11.6. The second kappa shape index (κ2) is 4.31. The SMILES string of the molecule is CC(CO)N(C)c1nc(C(F)(F)F)ns1. The Balaban J connectivity index is 2.85. The maximum Gasteiger partial charge on any atom is 0.452 e. The number of hydrogen-bond acceptors (Lipinski definition) is 5. The van der Waals surface area contributed by atoms with Crippen molar-refractivity contribution in [2.24, 2.45) is 0 Å². The summed E-state index contributed by atoms with van der Waals surface area (Å²) >= 11 is 0.662. The number of alkyl halides is 3. The molecule has 15 heavy (non-hydrogen) atoms. The van der Waals surface area contributed by atoms with Gasteiger partial charge in [-0.1, -0.05) is 0 Å². The first-order valence-electron chi connectivity index (χ1n) is 4.11. The fourth-order valence-electron chi connectivity index (χ4n) is 0.785. The Morgan fingerprint density at radius 1 is 1.53 bits per heavy atom. The highest BCUT2D eigenvalue weighted by atomic mass is 32.1. The van der Waals surface area contributed by atoms with Crippen molar-refractivity contribution in [2.75, 3.05) is 18.6 Å². The van der Waals surface area contributed by atoms with Crippen LogP contribution in [0.4, 0.5) is 18.3 Å². The van der Waals surface area contributed by atoms with Crippen LogP contribution in [0, 0.1) is 0 Å². The number of rotatable bonds is 3. The van der Waals surface area contributed by atoms with Gasteiger partial charge in [-0.15, -0.1) is 0 Å². The molecule has 0 spiro atoms. The lowest BCUT2D eigenvalue weighted by Gasteiger charge is -2.21. The van der Waals surface area contributed by atoms with Crippen LogP contribution in [0.2, 0.25) is 0 Å². The summed E-state index contributed by atoms with van der Waals surface area (Å²) in [6.07, 6.45) is -4.52. The van der Waals surface area contributed by atoms with Crippen LogP contribution >= 0.6 is 11.5 Å². The van der Waals surface area contributed by atoms with Gasteiger partial charge in [0.25, 0.3) is 0 Å². The van der Waals surface area contributed by atoms with E-state index >= 15 is 0 Å². The van der Waals surface area contributed by atoms with E-state index in [2.05, 4.69) is 9.36 Å². The van der Waals surface area contributed by atoms with E-state index in [1.165, 1.54) is 4.90 Å². The Morgan fingerprint density at radius 2 is 2.13 bits per heavy atom. The molecule has 1 unspecified atom stereocenters. The number of halogens is 3. The molecule has 0 saturated heterocycles. The van der Waals surface area contributed by atoms with Crippen molar-refractivity contribution in [3.63, 3.8) is 0 Å². The zero-order valence-corrected chi connectivity index (χ0v) is 8.93. The predicted octanol–water partition coefficient (Wildman–Crippen LogP) is 1.37. The van der Waals surface area contributed by atoms with Gasteiger partial charge in [0.05, 0.1) is 12.6 Å². The van der Waals surface area contributed by atoms with Crippen LogP contribution in [0.15, 0.2) is 0 Å². The van der Waals surface area contributed by atoms with Crippen molar-refractivity contribution in [1.82, 2.24) is 9.36 Å². The number of aromatic nitrogens is 2. The van der Waals surface area contributed by atoms with E-state index in [1.54, 1.807) is 14.0 Å². The Kier molecular flexibility index (Phi) is 3.50. The molecule has 0 amide bonds. The van der Waals surface area contributed by atoms with Gasteiger partial charge in [-0.3, -0.25) is 0 Å². The Labute approximate surface area is 88.5 Å². The third-order valence-electron chi connectivity index (χ3n) is 1.90. The van der Waals surface area contributed by atoms with Crippen LogP contribution in [0.5, 0.6) is 0 Å². The van der Waals surface area contributed by atoms with Gasteiger partial charge in [-0.2, -0.15) is 22.5 Å². The summed E-state index contributed by atoms with van der Waals surface area (Å²) in [6, 6.07) is -0.293. The van der Waals surface area contributed by atoms with Crippen molar-refractivity contribution in [3.8, 4) is 0 Å². The van der Waals surface area contributed by atoms with Crippen molar-refractivity contribution in [1.29, 1.82) is 0 Å². The third kappa shape index (κ3) is 2.78. The van der Waals surface area contributed by atoms with E-state index in [0.29, 0.717) is 11.5 Å². The van der Waals surface area contributed by atoms with Gasteiger partial charge in [0.1, 0.15) is 0 Å². The van der Waals surface area contributed by atoms with Crippen molar-refractivity contribution in [2.45, 2.75) is 19.1 Å². The van der Waals surface area contributed by atoms with Gasteiger partial charge in [0.15, 0.2) is 0 Å². The molecule has 0 aliphatic rings. The van der Waals surface area contributed by atoms with E-state index in [1.807, 2.05) is 0 Å². The second-order valence-electron chi connectivity index (χ2n) is 3.04. The van der Waals surface area contributed by atoms with Crippen LogP contribution in [0.1, 0.15) is 12.7 Å². The largest absolute Gasteiger partial charge is 0.452 e. The van der Waals surface area contributed by atoms with Crippen LogP contribution in [-0.4, -0.2) is 34.2 Å². The van der Waals surface area contributed by atoms with Crippen LogP contribution in [0.3, 0.4) is 0 Å². The van der Waals surface area contributed by atoms with Gasteiger partial charge in [-0.05, 0) is 6.92 Å². The van der Waals surface area contributed by atoms with Crippen LogP contribution < -0.4 is 4.90 Å². The molecular formula is C7H10F3N3OS. The van der Waals surface area contributed by atoms with Crippen molar-refractivity contribution >= 4 is 16.7 Å². The van der Waals surface area contributed by atoms with E-state index in [4.69, 9.17) is 5.11 Å². The second-order valence-corrected chi connectivity index (χ2v) is 3.77. The Morgan fingerprint density at radius 3 is 2.53 bits per heavy atom. The highest BCUT2D eigenvalue weighted by Crippen LogP contribution is 2.30. The number of nitrogens with zero attached hydrogens (tertiary/aromatic N) is 3. The predicted molar refractivity (Wildman–Crippen MR) is 49.9 cm³/mol. The number of aliphatic hydroxyl groups excluding tert-OH is 1. The normalized spacial score (nSPS) is 14.0. The maximum atomic E-state index is 12.2. The Hall–Kier alpha value is -0.890. The summed E-state index contributed by atoms with van der Waals surface area (Å²) in [5.74, 6) is -1.14. The zero-order valence-electron chi connectivity index (χ0n) is 8.12. The smallest absolute Gasteiger partial charge is 0.394 e. The summed E-state index contributed by atoms with van der Waals surface area (Å²) in [6.45, 7) is 1.52. The number of hydrogen-bond donors (Lipinski definition) is 1. The fraction of sp³-hybridized carbons (Fsp3) is 0.714. The van der Waals surface area contributed by atoms with Gasteiger partial charge in [0.2, 0.25) is 11.0 Å². The lowest BCUT2D eigenvalue weighted by molar-refractivity contribution is -0.144. The first-order chi connectivity index (χ1) is 6.86. The number of aliphatic hydroxyl groups is 1. The van der Waals surface area contributed by atoms with Crippen molar-refractivity contribution < 1.29 is 18.3 Å². The highest BCUT2D eigenvalue weighted by molar-refractivity contribution is 7.09. The molecule has 1 heterocycles. The summed E-state index contributed by atoms with van der Waals surface area (Å²) < 4.78 is 39.7. The number of anilines is 1. The molecule has 4 nitrogen and oxygen atoms in total. The summed E-state index contributed by atoms with van der Waals surface area (Å²) in [5.41, 5.74) is 0. The molecule has 1 rings (SSSR count). The first kappa shape index (κ1) is 12.2. The van der Waals surface area contributed by atoms with E-state index in [0.717, 1.165) is 0 Å². The minimum absolute atomic E-state index is 0.142. The molecule has 1 aromatic rings.